The molecular weight excluding hydrogens is 326 g/mol. The van der Waals surface area contributed by atoms with E-state index in [4.69, 9.17) is 44.9 Å². The van der Waals surface area contributed by atoms with Crippen molar-refractivity contribution in [2.45, 2.75) is 68.2 Å². The lowest BCUT2D eigenvalue weighted by Crippen LogP contribution is -2.73. The molecule has 10 nitrogen and oxygen atoms in total. The number of rotatable bonds is 0. The molecule has 0 aromatic heterocycles. The molecule has 1 heterocycles. The summed E-state index contributed by atoms with van der Waals surface area (Å²) in [5.41, 5.74) is 39.1. The third-order valence-electron chi connectivity index (χ3n) is 4.36. The number of nitrogens with two attached hydrogens (primary N) is 7. The average Bonchev–Trinajstić information content (AvgIpc) is 2.54. The molecule has 0 spiro atoms. The minimum atomic E-state index is -2.04. The summed E-state index contributed by atoms with van der Waals surface area (Å²) >= 11 is 0. The van der Waals surface area contributed by atoms with Gasteiger partial charge in [-0.25, -0.2) is 0 Å². The Morgan fingerprint density at radius 1 is 1.04 bits per heavy atom. The van der Waals surface area contributed by atoms with E-state index in [-0.39, 0.29) is 6.42 Å². The Morgan fingerprint density at radius 3 is 2.32 bits per heavy atom. The van der Waals surface area contributed by atoms with Crippen molar-refractivity contribution in [3.63, 3.8) is 0 Å². The van der Waals surface area contributed by atoms with Gasteiger partial charge in [0.15, 0.2) is 12.0 Å². The van der Waals surface area contributed by atoms with Crippen LogP contribution in [-0.4, -0.2) is 47.8 Å². The highest BCUT2D eigenvalue weighted by molar-refractivity contribution is 5.94. The molecule has 10 heteroatoms. The summed E-state index contributed by atoms with van der Waals surface area (Å²) in [6, 6.07) is -3.74. The molecule has 0 bridgehead atoms. The van der Waals surface area contributed by atoms with Gasteiger partial charge in [0.25, 0.3) is 0 Å². The van der Waals surface area contributed by atoms with Gasteiger partial charge in [-0.2, -0.15) is 0 Å². The van der Waals surface area contributed by atoms with Crippen molar-refractivity contribution in [3.8, 4) is 0 Å². The van der Waals surface area contributed by atoms with Gasteiger partial charge in [0, 0.05) is 18.5 Å². The molecule has 0 aromatic rings. The first-order valence-corrected chi connectivity index (χ1v) is 8.31. The van der Waals surface area contributed by atoms with E-state index in [1.165, 1.54) is 0 Å². The van der Waals surface area contributed by atoms with Crippen molar-refractivity contribution in [3.05, 3.63) is 12.2 Å². The highest BCUT2D eigenvalue weighted by Gasteiger charge is 2.42. The van der Waals surface area contributed by atoms with E-state index in [1.54, 1.807) is 0 Å². The molecule has 25 heavy (non-hydrogen) atoms. The van der Waals surface area contributed by atoms with E-state index >= 15 is 0 Å². The van der Waals surface area contributed by atoms with E-state index in [2.05, 4.69) is 0 Å². The zero-order valence-corrected chi connectivity index (χ0v) is 14.3. The molecule has 14 N–H and O–H groups in total. The Balaban J connectivity index is 2.98. The fraction of sp³-hybridized carbons (Fsp3) is 0.733. The summed E-state index contributed by atoms with van der Waals surface area (Å²) in [5.74, 6) is -1.46. The Bertz CT molecular complexity index is 498. The predicted octanol–water partition coefficient (Wildman–Crippen LogP) is -3.17. The minimum Gasteiger partial charge on any atom is -0.446 e. The normalized spacial score (nSPS) is 37.3. The number of hydrogen-bond donors (Lipinski definition) is 7. The summed E-state index contributed by atoms with van der Waals surface area (Å²) in [4.78, 5) is 24.4. The number of esters is 1. The number of Topliss-reactive ketones (excluding diaryl/α,β-unsaturated/α-hetero) is 1. The maximum absolute atomic E-state index is 12.5. The van der Waals surface area contributed by atoms with E-state index < -0.39 is 47.8 Å². The second-order valence-corrected chi connectivity index (χ2v) is 6.54. The van der Waals surface area contributed by atoms with Crippen LogP contribution in [0.5, 0.6) is 0 Å². The molecule has 0 aromatic carbocycles. The van der Waals surface area contributed by atoms with Crippen molar-refractivity contribution in [1.29, 1.82) is 0 Å². The quantitative estimate of drug-likeness (QED) is 0.131. The van der Waals surface area contributed by atoms with Gasteiger partial charge >= 0.3 is 5.97 Å². The SMILES string of the molecule is NC1C/C=C\CCCC(N)C(N)C(N)C(=O)C(N)(N)C(N)CC(=O)O1. The Labute approximate surface area is 147 Å². The van der Waals surface area contributed by atoms with Crippen LogP contribution in [0, 0.1) is 0 Å². The summed E-state index contributed by atoms with van der Waals surface area (Å²) in [5, 5.41) is 0. The van der Waals surface area contributed by atoms with Crippen LogP contribution in [0.4, 0.5) is 0 Å². The van der Waals surface area contributed by atoms with Gasteiger partial charge in [-0.1, -0.05) is 12.2 Å². The van der Waals surface area contributed by atoms with Crippen molar-refractivity contribution < 1.29 is 14.3 Å². The highest BCUT2D eigenvalue weighted by Crippen LogP contribution is 2.12. The van der Waals surface area contributed by atoms with Crippen LogP contribution in [0.2, 0.25) is 0 Å². The van der Waals surface area contributed by atoms with Gasteiger partial charge in [-0.15, -0.1) is 0 Å². The fourth-order valence-electron chi connectivity index (χ4n) is 2.54. The third kappa shape index (κ3) is 6.12. The Hall–Kier alpha value is -1.40. The van der Waals surface area contributed by atoms with Crippen LogP contribution in [0.25, 0.3) is 0 Å². The zero-order valence-electron chi connectivity index (χ0n) is 14.3. The van der Waals surface area contributed by atoms with Crippen molar-refractivity contribution in [2.75, 3.05) is 0 Å². The molecule has 144 valence electrons. The molecule has 0 saturated heterocycles. The van der Waals surface area contributed by atoms with Gasteiger partial charge in [-0.3, -0.25) is 15.3 Å². The fourth-order valence-corrected chi connectivity index (χ4v) is 2.54. The molecule has 0 fully saturated rings. The topological polar surface area (TPSA) is 226 Å². The van der Waals surface area contributed by atoms with E-state index in [1.807, 2.05) is 12.2 Å². The van der Waals surface area contributed by atoms with Crippen LogP contribution in [0.1, 0.15) is 32.1 Å². The molecular formula is C15H31N7O3. The lowest BCUT2D eigenvalue weighted by molar-refractivity contribution is -0.149. The number of carbonyl (C=O) groups excluding carboxylic acids is 2. The lowest BCUT2D eigenvalue weighted by Gasteiger charge is -2.34. The van der Waals surface area contributed by atoms with Crippen LogP contribution >= 0.6 is 0 Å². The van der Waals surface area contributed by atoms with Gasteiger partial charge < -0.3 is 39.1 Å². The summed E-state index contributed by atoms with van der Waals surface area (Å²) in [6.45, 7) is 0. The monoisotopic (exact) mass is 357 g/mol. The first-order chi connectivity index (χ1) is 11.6. The van der Waals surface area contributed by atoms with E-state index in [9.17, 15) is 9.59 Å². The number of carbonyl (C=O) groups is 2. The molecule has 5 unspecified atom stereocenters. The number of ketones is 1. The van der Waals surface area contributed by atoms with E-state index in [0.717, 1.165) is 12.8 Å². The van der Waals surface area contributed by atoms with Gasteiger partial charge in [0.1, 0.15) is 5.66 Å². The second-order valence-electron chi connectivity index (χ2n) is 6.54. The summed E-state index contributed by atoms with van der Waals surface area (Å²) in [7, 11) is 0. The first kappa shape index (κ1) is 21.6. The van der Waals surface area contributed by atoms with Crippen LogP contribution in [0.3, 0.4) is 0 Å². The van der Waals surface area contributed by atoms with Crippen molar-refractivity contribution >= 4 is 11.8 Å². The van der Waals surface area contributed by atoms with Gasteiger partial charge in [-0.05, 0) is 19.3 Å². The van der Waals surface area contributed by atoms with Crippen LogP contribution < -0.4 is 40.1 Å². The van der Waals surface area contributed by atoms with Crippen molar-refractivity contribution in [2.24, 2.45) is 40.1 Å². The number of allylic oxidation sites excluding steroid dienone is 1. The maximum Gasteiger partial charge on any atom is 0.309 e. The third-order valence-corrected chi connectivity index (χ3v) is 4.36. The molecule has 0 amide bonds. The standard InChI is InChI=1S/C15H31N7O3/c16-8-5-3-1-2-4-6-10(18)25-11(23)7-9(17)15(21,22)14(24)13(20)12(8)19/h2,4,8-10,12-13H,1,3,5-7,16-22H2/b4-2-. The van der Waals surface area contributed by atoms with E-state index in [0.29, 0.717) is 12.8 Å². The molecule has 1 rings (SSSR count). The smallest absolute Gasteiger partial charge is 0.309 e. The molecule has 0 aliphatic carbocycles. The number of hydrogen-bond acceptors (Lipinski definition) is 10. The van der Waals surface area contributed by atoms with Crippen molar-refractivity contribution in [1.82, 2.24) is 0 Å². The largest absolute Gasteiger partial charge is 0.446 e. The highest BCUT2D eigenvalue weighted by atomic mass is 16.6. The van der Waals surface area contributed by atoms with Crippen LogP contribution in [-0.2, 0) is 14.3 Å². The lowest BCUT2D eigenvalue weighted by atomic mass is 9.85. The minimum absolute atomic E-state index is 0.354. The molecule has 1 aliphatic rings. The number of cyclic esters (lactones) is 1. The average molecular weight is 357 g/mol. The summed E-state index contributed by atoms with van der Waals surface area (Å²) < 4.78 is 5.02. The second kappa shape index (κ2) is 9.34. The van der Waals surface area contributed by atoms with Gasteiger partial charge in [0.05, 0.1) is 18.5 Å². The molecule has 1 aliphatic heterocycles. The maximum atomic E-state index is 12.5. The first-order valence-electron chi connectivity index (χ1n) is 8.31. The Kier molecular flexibility index (Phi) is 8.09. The molecule has 0 radical (unpaired) electrons. The van der Waals surface area contributed by atoms with Gasteiger partial charge in [0.2, 0.25) is 0 Å². The van der Waals surface area contributed by atoms with Crippen LogP contribution in [0.15, 0.2) is 12.2 Å². The molecule has 5 atom stereocenters. The molecule has 0 saturated carbocycles. The number of ether oxygens (including phenoxy) is 1. The summed E-state index contributed by atoms with van der Waals surface area (Å²) in [6.07, 6.45) is 4.95. The Morgan fingerprint density at radius 2 is 1.68 bits per heavy atom. The zero-order chi connectivity index (χ0) is 19.2. The predicted molar refractivity (Wildman–Crippen MR) is 94.3 cm³/mol.